The van der Waals surface area contributed by atoms with Crippen LogP contribution in [-0.4, -0.2) is 14.2 Å². The van der Waals surface area contributed by atoms with Crippen molar-refractivity contribution in [3.05, 3.63) is 57.8 Å². The largest absolute Gasteiger partial charge is 0.497 e. The van der Waals surface area contributed by atoms with Crippen LogP contribution in [0.1, 0.15) is 17.2 Å². The van der Waals surface area contributed by atoms with Gasteiger partial charge in [0.2, 0.25) is 0 Å². The first-order chi connectivity index (χ1) is 10.1. The lowest BCUT2D eigenvalue weighted by Gasteiger charge is -2.20. The van der Waals surface area contributed by atoms with Gasteiger partial charge in [-0.25, -0.2) is 9.82 Å². The molecule has 0 fully saturated rings. The molecule has 0 aromatic heterocycles. The van der Waals surface area contributed by atoms with Crippen LogP contribution in [0.3, 0.4) is 0 Å². The summed E-state index contributed by atoms with van der Waals surface area (Å²) in [5.41, 5.74) is 3.79. The monoisotopic (exact) mass is 354 g/mol. The van der Waals surface area contributed by atoms with Gasteiger partial charge < -0.3 is 9.47 Å². The summed E-state index contributed by atoms with van der Waals surface area (Å²) in [6.45, 7) is 0. The van der Waals surface area contributed by atoms with Gasteiger partial charge in [0, 0.05) is 21.7 Å². The zero-order valence-electron chi connectivity index (χ0n) is 11.7. The molecule has 0 bridgehead atoms. The number of nitrogens with one attached hydrogen (secondary N) is 1. The van der Waals surface area contributed by atoms with Crippen LogP contribution in [0, 0.1) is 5.82 Å². The van der Waals surface area contributed by atoms with Crippen LogP contribution in [0.5, 0.6) is 11.5 Å². The average Bonchev–Trinajstić information content (AvgIpc) is 2.50. The van der Waals surface area contributed by atoms with Crippen molar-refractivity contribution in [3.63, 3.8) is 0 Å². The second kappa shape index (κ2) is 6.89. The van der Waals surface area contributed by atoms with Gasteiger partial charge in [0.15, 0.2) is 0 Å². The van der Waals surface area contributed by atoms with Crippen molar-refractivity contribution in [2.24, 2.45) is 5.84 Å². The highest BCUT2D eigenvalue weighted by Gasteiger charge is 2.20. The molecule has 112 valence electrons. The lowest BCUT2D eigenvalue weighted by atomic mass is 9.98. The van der Waals surface area contributed by atoms with E-state index in [0.717, 1.165) is 10.0 Å². The highest BCUT2D eigenvalue weighted by atomic mass is 79.9. The van der Waals surface area contributed by atoms with Crippen molar-refractivity contribution in [1.82, 2.24) is 5.43 Å². The summed E-state index contributed by atoms with van der Waals surface area (Å²) < 4.78 is 25.5. The molecule has 3 N–H and O–H groups in total. The molecule has 0 spiro atoms. The Bertz CT molecular complexity index is 637. The number of nitrogens with two attached hydrogens (primary N) is 1. The zero-order chi connectivity index (χ0) is 15.4. The Morgan fingerprint density at radius 3 is 2.38 bits per heavy atom. The number of methoxy groups -OCH3 is 2. The summed E-state index contributed by atoms with van der Waals surface area (Å²) >= 11 is 3.38. The number of halogens is 2. The Labute approximate surface area is 131 Å². The molecule has 0 aliphatic rings. The fourth-order valence-corrected chi connectivity index (χ4v) is 2.48. The van der Waals surface area contributed by atoms with Crippen LogP contribution < -0.4 is 20.7 Å². The molecule has 1 atom stereocenters. The number of benzene rings is 2. The normalized spacial score (nSPS) is 12.0. The van der Waals surface area contributed by atoms with E-state index >= 15 is 0 Å². The molecular weight excluding hydrogens is 339 g/mol. The van der Waals surface area contributed by atoms with Gasteiger partial charge in [-0.2, -0.15) is 0 Å². The maximum atomic E-state index is 14.2. The van der Waals surface area contributed by atoms with Crippen molar-refractivity contribution in [3.8, 4) is 11.5 Å². The molecule has 4 nitrogen and oxygen atoms in total. The third kappa shape index (κ3) is 3.34. The molecule has 0 saturated carbocycles. The minimum Gasteiger partial charge on any atom is -0.497 e. The van der Waals surface area contributed by atoms with E-state index in [1.165, 1.54) is 13.2 Å². The molecule has 2 aromatic rings. The van der Waals surface area contributed by atoms with Crippen molar-refractivity contribution in [2.45, 2.75) is 6.04 Å². The molecule has 0 saturated heterocycles. The van der Waals surface area contributed by atoms with E-state index in [1.807, 2.05) is 12.1 Å². The maximum Gasteiger partial charge on any atom is 0.132 e. The molecule has 0 radical (unpaired) electrons. The van der Waals surface area contributed by atoms with Crippen molar-refractivity contribution in [1.29, 1.82) is 0 Å². The second-order valence-corrected chi connectivity index (χ2v) is 5.29. The van der Waals surface area contributed by atoms with Gasteiger partial charge in [-0.15, -0.1) is 0 Å². The molecule has 0 aliphatic heterocycles. The Morgan fingerprint density at radius 2 is 1.81 bits per heavy atom. The van der Waals surface area contributed by atoms with Gasteiger partial charge in [0.1, 0.15) is 17.3 Å². The van der Waals surface area contributed by atoms with Crippen LogP contribution in [-0.2, 0) is 0 Å². The van der Waals surface area contributed by atoms with Crippen LogP contribution in [0.2, 0.25) is 0 Å². The van der Waals surface area contributed by atoms with Gasteiger partial charge >= 0.3 is 0 Å². The van der Waals surface area contributed by atoms with E-state index in [4.69, 9.17) is 15.3 Å². The summed E-state index contributed by atoms with van der Waals surface area (Å²) in [6, 6.07) is 9.61. The third-order valence-corrected chi connectivity index (χ3v) is 3.69. The first-order valence-electron chi connectivity index (χ1n) is 6.23. The predicted molar refractivity (Wildman–Crippen MR) is 82.8 cm³/mol. The number of hydrogen-bond donors (Lipinski definition) is 2. The van der Waals surface area contributed by atoms with Crippen LogP contribution in [0.15, 0.2) is 40.9 Å². The standard InChI is InChI=1S/C15H16BrFN2O2/c1-20-10-4-6-11(13(17)8-10)15(19-18)12-5-3-9(16)7-14(12)21-2/h3-8,15,19H,18H2,1-2H3. The summed E-state index contributed by atoms with van der Waals surface area (Å²) in [5, 5.41) is 0. The molecule has 1 unspecified atom stereocenters. The Hall–Kier alpha value is -1.63. The minimum absolute atomic E-state index is 0.401. The fourth-order valence-electron chi connectivity index (χ4n) is 2.14. The Kier molecular flexibility index (Phi) is 5.17. The molecule has 0 aliphatic carbocycles. The SMILES string of the molecule is COc1ccc(C(NN)c2ccc(Br)cc2OC)c(F)c1. The molecule has 0 amide bonds. The highest BCUT2D eigenvalue weighted by molar-refractivity contribution is 9.10. The molecule has 21 heavy (non-hydrogen) atoms. The van der Waals surface area contributed by atoms with Crippen LogP contribution in [0.4, 0.5) is 4.39 Å². The topological polar surface area (TPSA) is 56.5 Å². The van der Waals surface area contributed by atoms with Crippen LogP contribution >= 0.6 is 15.9 Å². The molecule has 6 heteroatoms. The summed E-state index contributed by atoms with van der Waals surface area (Å²) in [6.07, 6.45) is 0. The summed E-state index contributed by atoms with van der Waals surface area (Å²) in [5.74, 6) is 6.29. The number of hydrazine groups is 1. The molecular formula is C15H16BrFN2O2. The van der Waals surface area contributed by atoms with E-state index in [-0.39, 0.29) is 0 Å². The third-order valence-electron chi connectivity index (χ3n) is 3.19. The summed E-state index contributed by atoms with van der Waals surface area (Å²) in [4.78, 5) is 0. The van der Waals surface area contributed by atoms with E-state index in [0.29, 0.717) is 17.1 Å². The van der Waals surface area contributed by atoms with Crippen molar-refractivity contribution in [2.75, 3.05) is 14.2 Å². The Balaban J connectivity index is 2.49. The molecule has 2 rings (SSSR count). The smallest absolute Gasteiger partial charge is 0.132 e. The number of rotatable bonds is 5. The zero-order valence-corrected chi connectivity index (χ0v) is 13.3. The highest BCUT2D eigenvalue weighted by Crippen LogP contribution is 2.33. The maximum absolute atomic E-state index is 14.2. The lowest BCUT2D eigenvalue weighted by Crippen LogP contribution is -2.29. The summed E-state index contributed by atoms with van der Waals surface area (Å²) in [7, 11) is 3.05. The quantitative estimate of drug-likeness (QED) is 0.639. The number of ether oxygens (including phenoxy) is 2. The van der Waals surface area contributed by atoms with Gasteiger partial charge in [-0.1, -0.05) is 28.1 Å². The second-order valence-electron chi connectivity index (χ2n) is 4.37. The van der Waals surface area contributed by atoms with Crippen molar-refractivity contribution >= 4 is 15.9 Å². The van der Waals surface area contributed by atoms with Crippen LogP contribution in [0.25, 0.3) is 0 Å². The predicted octanol–water partition coefficient (Wildman–Crippen LogP) is 3.16. The first-order valence-corrected chi connectivity index (χ1v) is 7.03. The van der Waals surface area contributed by atoms with E-state index < -0.39 is 11.9 Å². The first kappa shape index (κ1) is 15.8. The lowest BCUT2D eigenvalue weighted by molar-refractivity contribution is 0.401. The Morgan fingerprint density at radius 1 is 1.10 bits per heavy atom. The van der Waals surface area contributed by atoms with Crippen molar-refractivity contribution < 1.29 is 13.9 Å². The molecule has 0 heterocycles. The van der Waals surface area contributed by atoms with Gasteiger partial charge in [0.25, 0.3) is 0 Å². The number of hydrogen-bond acceptors (Lipinski definition) is 4. The minimum atomic E-state index is -0.529. The average molecular weight is 355 g/mol. The van der Waals surface area contributed by atoms with Gasteiger partial charge in [0.05, 0.1) is 20.3 Å². The van der Waals surface area contributed by atoms with Gasteiger partial charge in [-0.3, -0.25) is 5.84 Å². The molecule has 2 aromatic carbocycles. The fraction of sp³-hybridized carbons (Fsp3) is 0.200. The van der Waals surface area contributed by atoms with E-state index in [1.54, 1.807) is 25.3 Å². The van der Waals surface area contributed by atoms with Gasteiger partial charge in [-0.05, 0) is 18.2 Å². The van der Waals surface area contributed by atoms with E-state index in [9.17, 15) is 4.39 Å². The van der Waals surface area contributed by atoms with E-state index in [2.05, 4.69) is 21.4 Å².